The summed E-state index contributed by atoms with van der Waals surface area (Å²) < 4.78 is 10.6. The number of amides is 1. The molecule has 2 rings (SSSR count). The van der Waals surface area contributed by atoms with Crippen molar-refractivity contribution in [1.29, 1.82) is 0 Å². The first-order valence-electron chi connectivity index (χ1n) is 8.62. The summed E-state index contributed by atoms with van der Waals surface area (Å²) in [6, 6.07) is 8.92. The highest BCUT2D eigenvalue weighted by molar-refractivity contribution is 6.32. The van der Waals surface area contributed by atoms with Crippen molar-refractivity contribution in [3.05, 3.63) is 52.8 Å². The molecule has 27 heavy (non-hydrogen) atoms. The van der Waals surface area contributed by atoms with E-state index in [1.807, 2.05) is 25.1 Å². The van der Waals surface area contributed by atoms with Crippen LogP contribution in [0.15, 0.2) is 36.5 Å². The molecule has 0 aliphatic heterocycles. The van der Waals surface area contributed by atoms with Crippen LogP contribution in [0.1, 0.15) is 37.8 Å². The highest BCUT2D eigenvalue weighted by Gasteiger charge is 2.19. The summed E-state index contributed by atoms with van der Waals surface area (Å²) in [5, 5.41) is 2.72. The van der Waals surface area contributed by atoms with Gasteiger partial charge >= 0.3 is 5.97 Å². The molecule has 0 aliphatic carbocycles. The first kappa shape index (κ1) is 20.7. The van der Waals surface area contributed by atoms with Gasteiger partial charge in [-0.25, -0.2) is 9.78 Å². The Bertz CT molecular complexity index is 823. The van der Waals surface area contributed by atoms with Crippen LogP contribution in [0.25, 0.3) is 0 Å². The summed E-state index contributed by atoms with van der Waals surface area (Å²) in [6.45, 7) is 7.41. The SMILES string of the molecule is Cc1cc(OCC(=O)O[C@@H](C)C(=O)Nc2cccnc2Cl)ccc1C(C)C. The molecule has 1 aromatic heterocycles. The molecule has 0 radical (unpaired) electrons. The molecule has 1 atom stereocenters. The molecule has 0 bridgehead atoms. The van der Waals surface area contributed by atoms with Crippen molar-refractivity contribution in [2.45, 2.75) is 39.7 Å². The van der Waals surface area contributed by atoms with E-state index in [9.17, 15) is 9.59 Å². The monoisotopic (exact) mass is 390 g/mol. The van der Waals surface area contributed by atoms with Crippen molar-refractivity contribution in [2.75, 3.05) is 11.9 Å². The predicted octanol–water partition coefficient (Wildman–Crippen LogP) is 4.12. The quantitative estimate of drug-likeness (QED) is 0.568. The van der Waals surface area contributed by atoms with E-state index in [0.717, 1.165) is 5.56 Å². The van der Waals surface area contributed by atoms with Crippen LogP contribution in [-0.2, 0) is 14.3 Å². The van der Waals surface area contributed by atoms with Crippen molar-refractivity contribution >= 4 is 29.2 Å². The van der Waals surface area contributed by atoms with E-state index in [-0.39, 0.29) is 11.8 Å². The first-order valence-corrected chi connectivity index (χ1v) is 9.00. The van der Waals surface area contributed by atoms with Crippen LogP contribution in [0, 0.1) is 6.92 Å². The lowest BCUT2D eigenvalue weighted by molar-refractivity contribution is -0.155. The number of halogens is 1. The van der Waals surface area contributed by atoms with E-state index in [2.05, 4.69) is 24.1 Å². The zero-order chi connectivity index (χ0) is 20.0. The molecule has 1 aromatic carbocycles. The van der Waals surface area contributed by atoms with E-state index >= 15 is 0 Å². The van der Waals surface area contributed by atoms with Crippen LogP contribution in [0.2, 0.25) is 5.15 Å². The molecule has 0 unspecified atom stereocenters. The minimum Gasteiger partial charge on any atom is -0.482 e. The second kappa shape index (κ2) is 9.37. The highest BCUT2D eigenvalue weighted by Crippen LogP contribution is 2.23. The van der Waals surface area contributed by atoms with Gasteiger partial charge in [-0.15, -0.1) is 0 Å². The van der Waals surface area contributed by atoms with Gasteiger partial charge in [-0.2, -0.15) is 0 Å². The lowest BCUT2D eigenvalue weighted by Crippen LogP contribution is -2.31. The summed E-state index contributed by atoms with van der Waals surface area (Å²) in [7, 11) is 0. The van der Waals surface area contributed by atoms with Gasteiger partial charge in [0.2, 0.25) is 0 Å². The van der Waals surface area contributed by atoms with Crippen LogP contribution in [0.4, 0.5) is 5.69 Å². The van der Waals surface area contributed by atoms with Gasteiger partial charge < -0.3 is 14.8 Å². The number of hydrogen-bond acceptors (Lipinski definition) is 5. The van der Waals surface area contributed by atoms with E-state index < -0.39 is 18.0 Å². The number of carbonyl (C=O) groups is 2. The number of hydrogen-bond donors (Lipinski definition) is 1. The molecule has 0 saturated heterocycles. The van der Waals surface area contributed by atoms with Crippen molar-refractivity contribution in [2.24, 2.45) is 0 Å². The van der Waals surface area contributed by atoms with Crippen LogP contribution in [0.3, 0.4) is 0 Å². The lowest BCUT2D eigenvalue weighted by Gasteiger charge is -2.15. The third-order valence-corrected chi connectivity index (χ3v) is 4.22. The van der Waals surface area contributed by atoms with Gasteiger partial charge in [-0.3, -0.25) is 4.79 Å². The normalized spacial score (nSPS) is 11.8. The van der Waals surface area contributed by atoms with Gasteiger partial charge in [-0.05, 0) is 55.2 Å². The van der Waals surface area contributed by atoms with Crippen molar-refractivity contribution in [3.8, 4) is 5.75 Å². The number of carbonyl (C=O) groups excluding carboxylic acids is 2. The standard InChI is InChI=1S/C20H23ClN2O4/c1-12(2)16-8-7-15(10-13(16)3)26-11-18(24)27-14(4)20(25)23-17-6-5-9-22-19(17)21/h5-10,12,14H,11H2,1-4H3,(H,23,25)/t14-/m0/s1. The Morgan fingerprint density at radius 2 is 1.96 bits per heavy atom. The maximum absolute atomic E-state index is 12.1. The number of nitrogens with one attached hydrogen (secondary N) is 1. The van der Waals surface area contributed by atoms with E-state index in [1.165, 1.54) is 18.7 Å². The van der Waals surface area contributed by atoms with Gasteiger partial charge in [0.1, 0.15) is 5.75 Å². The molecule has 1 heterocycles. The number of aryl methyl sites for hydroxylation is 1. The molecule has 0 fully saturated rings. The molecule has 1 N–H and O–H groups in total. The molecule has 1 amide bonds. The fourth-order valence-electron chi connectivity index (χ4n) is 2.53. The third-order valence-electron chi connectivity index (χ3n) is 3.91. The summed E-state index contributed by atoms with van der Waals surface area (Å²) >= 11 is 5.89. The second-order valence-corrected chi connectivity index (χ2v) is 6.78. The Balaban J connectivity index is 1.85. The zero-order valence-corrected chi connectivity index (χ0v) is 16.5. The van der Waals surface area contributed by atoms with E-state index in [4.69, 9.17) is 21.1 Å². The first-order chi connectivity index (χ1) is 12.8. The Kier molecular flexibility index (Phi) is 7.19. The molecule has 0 aliphatic rings. The van der Waals surface area contributed by atoms with Gasteiger partial charge in [0.05, 0.1) is 5.69 Å². The highest BCUT2D eigenvalue weighted by atomic mass is 35.5. The third kappa shape index (κ3) is 5.96. The Hall–Kier alpha value is -2.60. The summed E-state index contributed by atoms with van der Waals surface area (Å²) in [5.74, 6) is -0.152. The maximum atomic E-state index is 12.1. The van der Waals surface area contributed by atoms with Crippen LogP contribution in [0.5, 0.6) is 5.75 Å². The number of anilines is 1. The van der Waals surface area contributed by atoms with Gasteiger partial charge in [0, 0.05) is 6.20 Å². The number of pyridine rings is 1. The molecule has 2 aromatic rings. The van der Waals surface area contributed by atoms with Crippen LogP contribution in [-0.4, -0.2) is 29.6 Å². The average molecular weight is 391 g/mol. The Morgan fingerprint density at radius 1 is 1.22 bits per heavy atom. The van der Waals surface area contributed by atoms with Gasteiger partial charge in [-0.1, -0.05) is 31.5 Å². The van der Waals surface area contributed by atoms with Gasteiger partial charge in [0.15, 0.2) is 17.9 Å². The molecule has 0 spiro atoms. The molecule has 0 saturated carbocycles. The minimum atomic E-state index is -0.998. The fraction of sp³-hybridized carbons (Fsp3) is 0.350. The van der Waals surface area contributed by atoms with E-state index in [1.54, 1.807) is 12.1 Å². The maximum Gasteiger partial charge on any atom is 0.344 e. The fourth-order valence-corrected chi connectivity index (χ4v) is 2.69. The van der Waals surface area contributed by atoms with Crippen molar-refractivity contribution in [3.63, 3.8) is 0 Å². The number of nitrogens with zero attached hydrogens (tertiary/aromatic N) is 1. The van der Waals surface area contributed by atoms with Gasteiger partial charge in [0.25, 0.3) is 5.91 Å². The lowest BCUT2D eigenvalue weighted by atomic mass is 9.98. The number of esters is 1. The number of rotatable bonds is 7. The Labute approximate surface area is 163 Å². The molecular weight excluding hydrogens is 368 g/mol. The summed E-state index contributed by atoms with van der Waals surface area (Å²) in [6.07, 6.45) is 0.510. The number of ether oxygens (including phenoxy) is 2. The predicted molar refractivity (Wildman–Crippen MR) is 104 cm³/mol. The minimum absolute atomic E-state index is 0.160. The van der Waals surface area contributed by atoms with Crippen molar-refractivity contribution in [1.82, 2.24) is 4.98 Å². The van der Waals surface area contributed by atoms with Crippen LogP contribution >= 0.6 is 11.6 Å². The number of benzene rings is 1. The Morgan fingerprint density at radius 3 is 2.59 bits per heavy atom. The molecular formula is C20H23ClN2O4. The largest absolute Gasteiger partial charge is 0.482 e. The second-order valence-electron chi connectivity index (χ2n) is 6.42. The average Bonchev–Trinajstić information content (AvgIpc) is 2.61. The van der Waals surface area contributed by atoms with Crippen LogP contribution < -0.4 is 10.1 Å². The topological polar surface area (TPSA) is 77.5 Å². The van der Waals surface area contributed by atoms with Crippen molar-refractivity contribution < 1.29 is 19.1 Å². The summed E-state index contributed by atoms with van der Waals surface area (Å²) in [4.78, 5) is 27.9. The number of aromatic nitrogens is 1. The zero-order valence-electron chi connectivity index (χ0n) is 15.8. The summed E-state index contributed by atoms with van der Waals surface area (Å²) in [5.41, 5.74) is 2.67. The molecule has 7 heteroatoms. The molecule has 144 valence electrons. The smallest absolute Gasteiger partial charge is 0.344 e. The molecule has 6 nitrogen and oxygen atoms in total. The van der Waals surface area contributed by atoms with E-state index in [0.29, 0.717) is 17.4 Å².